The predicted molar refractivity (Wildman–Crippen MR) is 219 cm³/mol. The average Bonchev–Trinajstić information content (AvgIpc) is 3.51. The van der Waals surface area contributed by atoms with Gasteiger partial charge >= 0.3 is 0 Å². The van der Waals surface area contributed by atoms with Crippen molar-refractivity contribution in [3.8, 4) is 33.0 Å². The summed E-state index contributed by atoms with van der Waals surface area (Å²) < 4.78 is 91.4. The number of hydrogen-bond donors (Lipinski definition) is 0. The van der Waals surface area contributed by atoms with Gasteiger partial charge < -0.3 is 9.97 Å². The van der Waals surface area contributed by atoms with Crippen LogP contribution < -0.4 is 5.19 Å². The molecule has 0 saturated heterocycles. The summed E-state index contributed by atoms with van der Waals surface area (Å²) in [6.45, 7) is 5.24. The number of pyridine rings is 3. The molecule has 0 aliphatic rings. The SMILES string of the molecule is Cc1c(-c2ccc([Si](C)(C)C)cc2)sc2c(-c3[c-]c4ccccc4c(C(C)(C)C)c3)nccc12.[2H]C([2H])([2H])c1c[c-]c(-c2cc(C([2H])([2H])[2H])c(C([2H])([2H])[2H])cn2)c(C([2H])([2H])[2H])n1.[Ir]. The minimum Gasteiger partial charge on any atom is -0.354 e. The number of hydrogen-bond acceptors (Lipinski definition) is 4. The van der Waals surface area contributed by atoms with Crippen LogP contribution in [0, 0.1) is 46.5 Å². The van der Waals surface area contributed by atoms with E-state index in [0.717, 1.165) is 35.0 Å². The van der Waals surface area contributed by atoms with Gasteiger partial charge in [0.05, 0.1) is 8.07 Å². The quantitative estimate of drug-likeness (QED) is 0.131. The van der Waals surface area contributed by atoms with Crippen LogP contribution in [0.25, 0.3) is 53.8 Å². The van der Waals surface area contributed by atoms with Crippen molar-refractivity contribution in [2.45, 2.75) is 80.2 Å². The van der Waals surface area contributed by atoms with E-state index in [1.165, 1.54) is 42.2 Å². The molecule has 0 aliphatic heterocycles. The maximum absolute atomic E-state index is 7.62. The van der Waals surface area contributed by atoms with Crippen LogP contribution in [-0.4, -0.2) is 23.0 Å². The summed E-state index contributed by atoms with van der Waals surface area (Å²) in [5, 5.41) is 5.21. The second kappa shape index (κ2) is 15.0. The summed E-state index contributed by atoms with van der Waals surface area (Å²) in [7, 11) is -1.31. The summed E-state index contributed by atoms with van der Waals surface area (Å²) in [6.07, 6.45) is 2.80. The average molecular weight is 894 g/mol. The van der Waals surface area contributed by atoms with Crippen molar-refractivity contribution in [2.75, 3.05) is 0 Å². The molecule has 0 N–H and O–H groups in total. The second-order valence-corrected chi connectivity index (χ2v) is 20.5. The molecule has 4 heterocycles. The molecule has 6 heteroatoms. The molecule has 1 radical (unpaired) electrons. The van der Waals surface area contributed by atoms with Crippen LogP contribution in [0.2, 0.25) is 19.6 Å². The zero-order valence-corrected chi connectivity index (χ0v) is 33.9. The van der Waals surface area contributed by atoms with E-state index in [1.807, 2.05) is 17.5 Å². The summed E-state index contributed by atoms with van der Waals surface area (Å²) >= 11 is 1.86. The van der Waals surface area contributed by atoms with E-state index in [4.69, 9.17) is 21.4 Å². The summed E-state index contributed by atoms with van der Waals surface area (Å²) in [6, 6.07) is 30.5. The van der Waals surface area contributed by atoms with Gasteiger partial charge in [0.1, 0.15) is 0 Å². The van der Waals surface area contributed by atoms with Gasteiger partial charge in [-0.05, 0) is 71.3 Å². The maximum atomic E-state index is 7.62. The zero-order valence-electron chi connectivity index (χ0n) is 41.7. The third kappa shape index (κ3) is 8.15. The first-order valence-electron chi connectivity index (χ1n) is 22.4. The second-order valence-electron chi connectivity index (χ2n) is 14.4. The van der Waals surface area contributed by atoms with E-state index < -0.39 is 58.0 Å². The van der Waals surface area contributed by atoms with Crippen LogP contribution in [0.4, 0.5) is 0 Å². The molecule has 0 unspecified atom stereocenters. The van der Waals surface area contributed by atoms with Gasteiger partial charge in [0.2, 0.25) is 0 Å². The fourth-order valence-electron chi connectivity index (χ4n) is 5.92. The topological polar surface area (TPSA) is 38.7 Å². The van der Waals surface area contributed by atoms with Gasteiger partial charge in [0.25, 0.3) is 0 Å². The number of aryl methyl sites for hydroxylation is 5. The van der Waals surface area contributed by atoms with Gasteiger partial charge in [-0.1, -0.05) is 124 Å². The van der Waals surface area contributed by atoms with Gasteiger partial charge in [-0.25, -0.2) is 0 Å². The van der Waals surface area contributed by atoms with Crippen molar-refractivity contribution < 1.29 is 36.6 Å². The summed E-state index contributed by atoms with van der Waals surface area (Å²) in [4.78, 5) is 13.8. The molecule has 51 heavy (non-hydrogen) atoms. The molecule has 0 aliphatic carbocycles. The molecule has 0 fully saturated rings. The molecule has 3 nitrogen and oxygen atoms in total. The molecular weight excluding hydrogens is 835 g/mol. The van der Waals surface area contributed by atoms with Gasteiger partial charge in [-0.2, -0.15) is 0 Å². The molecule has 7 aromatic rings. The van der Waals surface area contributed by atoms with E-state index in [1.54, 1.807) is 0 Å². The third-order valence-electron chi connectivity index (χ3n) is 8.69. The van der Waals surface area contributed by atoms with Gasteiger partial charge in [0.15, 0.2) is 0 Å². The summed E-state index contributed by atoms with van der Waals surface area (Å²) in [5.74, 6) is 0. The van der Waals surface area contributed by atoms with Gasteiger partial charge in [-0.3, -0.25) is 4.98 Å². The third-order valence-corrected chi connectivity index (χ3v) is 12.1. The first-order valence-corrected chi connectivity index (χ1v) is 20.7. The van der Waals surface area contributed by atoms with Crippen LogP contribution in [-0.2, 0) is 25.5 Å². The van der Waals surface area contributed by atoms with Crippen LogP contribution in [0.3, 0.4) is 0 Å². The number of thiophene rings is 1. The Morgan fingerprint density at radius 2 is 1.61 bits per heavy atom. The normalized spacial score (nSPS) is 16.1. The van der Waals surface area contributed by atoms with Crippen molar-refractivity contribution in [3.63, 3.8) is 0 Å². The first kappa shape index (κ1) is 25.2. The Bertz CT molecular complexity index is 2780. The minimum absolute atomic E-state index is 0. The van der Waals surface area contributed by atoms with Crippen LogP contribution in [0.15, 0.2) is 85.2 Å². The van der Waals surface area contributed by atoms with Crippen molar-refractivity contribution in [1.82, 2.24) is 15.0 Å². The molecule has 263 valence electrons. The molecule has 0 atom stereocenters. The molecule has 0 bridgehead atoms. The molecule has 7 rings (SSSR count). The fraction of sp³-hybridized carbons (Fsp3) is 0.267. The Balaban J connectivity index is 0.000000239. The Kier molecular flexibility index (Phi) is 7.44. The number of nitrogens with zero attached hydrogens (tertiary/aromatic N) is 3. The Morgan fingerprint density at radius 3 is 2.29 bits per heavy atom. The van der Waals surface area contributed by atoms with Crippen LogP contribution in [0.5, 0.6) is 0 Å². The van der Waals surface area contributed by atoms with Crippen molar-refractivity contribution in [3.05, 3.63) is 131 Å². The minimum atomic E-state index is -2.84. The summed E-state index contributed by atoms with van der Waals surface area (Å²) in [5.41, 5.74) is 3.60. The molecule has 0 amide bonds. The Labute approximate surface area is 339 Å². The molecule has 0 saturated carbocycles. The smallest absolute Gasteiger partial charge is 0.0775 e. The van der Waals surface area contributed by atoms with E-state index in [0.29, 0.717) is 0 Å². The Hall–Kier alpha value is -3.80. The number of aromatic nitrogens is 3. The van der Waals surface area contributed by atoms with E-state index in [-0.39, 0.29) is 36.8 Å². The predicted octanol–water partition coefficient (Wildman–Crippen LogP) is 11.9. The molecule has 0 spiro atoms. The van der Waals surface area contributed by atoms with Crippen molar-refractivity contribution in [1.29, 1.82) is 0 Å². The first-order chi connectivity index (χ1) is 28.5. The Morgan fingerprint density at radius 1 is 0.843 bits per heavy atom. The molecule has 4 aromatic heterocycles. The van der Waals surface area contributed by atoms with Crippen LogP contribution >= 0.6 is 11.3 Å². The fourth-order valence-corrected chi connectivity index (χ4v) is 8.40. The molecule has 3 aromatic carbocycles. The van der Waals surface area contributed by atoms with E-state index in [9.17, 15) is 0 Å². The van der Waals surface area contributed by atoms with Gasteiger partial charge in [-0.15, -0.1) is 58.2 Å². The maximum Gasteiger partial charge on any atom is 0.0775 e. The van der Waals surface area contributed by atoms with E-state index >= 15 is 0 Å². The zero-order chi connectivity index (χ0) is 46.0. The van der Waals surface area contributed by atoms with Gasteiger partial charge in [0, 0.05) is 64.2 Å². The largest absolute Gasteiger partial charge is 0.354 e. The number of benzene rings is 3. The molecular formula is C45H47IrN3SSi-2. The number of rotatable bonds is 4. The van der Waals surface area contributed by atoms with E-state index in [2.05, 4.69) is 130 Å². The van der Waals surface area contributed by atoms with Crippen molar-refractivity contribution in [2.24, 2.45) is 0 Å². The van der Waals surface area contributed by atoms with Crippen molar-refractivity contribution >= 4 is 45.5 Å². The number of fused-ring (bicyclic) bond motifs is 2. The van der Waals surface area contributed by atoms with Crippen LogP contribution in [0.1, 0.15) is 70.9 Å². The monoisotopic (exact) mass is 894 g/mol. The standard InChI is InChI=1S/C31H32NSSi.C14H15N2.Ir/c1-20-25-16-17-32-28(23-18-22-10-8-9-11-26(22)27(19-23)31(2,3)4)30(25)33-29(20)21-12-14-24(15-13-21)34(5,6)7;1-9-7-14(15-8-10(9)2)13-6-5-11(3)16-12(13)4;/h8-17,19H,1-7H3;5,7-8H,1-4H3;/q2*-1;/i;1D3,2D3,3D3,4D3;.